The molecule has 0 radical (unpaired) electrons. The Morgan fingerprint density at radius 1 is 1.47 bits per heavy atom. The van der Waals surface area contributed by atoms with Gasteiger partial charge in [-0.1, -0.05) is 13.8 Å². The lowest BCUT2D eigenvalue weighted by Crippen LogP contribution is -2.53. The molecule has 0 amide bonds. The average molecular weight is 242 g/mol. The van der Waals surface area contributed by atoms with E-state index in [0.29, 0.717) is 12.0 Å². The minimum atomic E-state index is 0.00817. The van der Waals surface area contributed by atoms with Crippen LogP contribution in [0.2, 0.25) is 0 Å². The highest BCUT2D eigenvalue weighted by molar-refractivity contribution is 4.83. The molecule has 2 atom stereocenters. The smallest absolute Gasteiger partial charge is 0.0757 e. The van der Waals surface area contributed by atoms with Gasteiger partial charge in [0.1, 0.15) is 0 Å². The fourth-order valence-corrected chi connectivity index (χ4v) is 2.76. The highest BCUT2D eigenvalue weighted by atomic mass is 16.5. The Balaban J connectivity index is 2.30. The van der Waals surface area contributed by atoms with E-state index in [4.69, 9.17) is 4.74 Å². The third-order valence-corrected chi connectivity index (χ3v) is 3.13. The third kappa shape index (κ3) is 5.84. The van der Waals surface area contributed by atoms with Crippen LogP contribution in [0.15, 0.2) is 0 Å². The van der Waals surface area contributed by atoms with Crippen molar-refractivity contribution in [3.8, 4) is 0 Å². The summed E-state index contributed by atoms with van der Waals surface area (Å²) in [5.41, 5.74) is 0.00817. The van der Waals surface area contributed by atoms with Gasteiger partial charge in [0.05, 0.1) is 11.7 Å². The SMILES string of the molecule is CCCNCC(C)CN1CC(C)OC(C)(C)C1. The lowest BCUT2D eigenvalue weighted by Gasteiger charge is -2.42. The summed E-state index contributed by atoms with van der Waals surface area (Å²) in [5, 5.41) is 3.50. The van der Waals surface area contributed by atoms with Crippen molar-refractivity contribution in [1.29, 1.82) is 0 Å². The van der Waals surface area contributed by atoms with Gasteiger partial charge in [-0.3, -0.25) is 4.90 Å². The van der Waals surface area contributed by atoms with Crippen molar-refractivity contribution in [1.82, 2.24) is 10.2 Å². The van der Waals surface area contributed by atoms with Crippen LogP contribution in [0, 0.1) is 5.92 Å². The van der Waals surface area contributed by atoms with Crippen LogP contribution in [0.3, 0.4) is 0 Å². The van der Waals surface area contributed by atoms with Crippen LogP contribution in [-0.4, -0.2) is 49.3 Å². The highest BCUT2D eigenvalue weighted by Gasteiger charge is 2.31. The molecule has 1 saturated heterocycles. The van der Waals surface area contributed by atoms with E-state index in [0.717, 1.165) is 26.2 Å². The van der Waals surface area contributed by atoms with Gasteiger partial charge in [0.15, 0.2) is 0 Å². The molecule has 102 valence electrons. The summed E-state index contributed by atoms with van der Waals surface area (Å²) in [6.45, 7) is 16.7. The standard InChI is InChI=1S/C14H30N2O/c1-6-7-15-8-12(2)9-16-10-13(3)17-14(4,5)11-16/h12-13,15H,6-11H2,1-5H3. The minimum absolute atomic E-state index is 0.00817. The molecule has 0 aromatic heterocycles. The summed E-state index contributed by atoms with van der Waals surface area (Å²) in [7, 11) is 0. The van der Waals surface area contributed by atoms with Crippen LogP contribution < -0.4 is 5.32 Å². The van der Waals surface area contributed by atoms with Crippen LogP contribution in [0.1, 0.15) is 41.0 Å². The fourth-order valence-electron chi connectivity index (χ4n) is 2.76. The Kier molecular flexibility index (Phi) is 5.90. The zero-order valence-corrected chi connectivity index (χ0v) is 12.3. The van der Waals surface area contributed by atoms with E-state index >= 15 is 0 Å². The topological polar surface area (TPSA) is 24.5 Å². The molecule has 0 aliphatic carbocycles. The molecule has 2 unspecified atom stereocenters. The van der Waals surface area contributed by atoms with Crippen LogP contribution in [0.4, 0.5) is 0 Å². The molecule has 1 aliphatic rings. The van der Waals surface area contributed by atoms with Crippen LogP contribution in [0.25, 0.3) is 0 Å². The van der Waals surface area contributed by atoms with Gasteiger partial charge < -0.3 is 10.1 Å². The number of nitrogens with one attached hydrogen (secondary N) is 1. The number of rotatable bonds is 6. The van der Waals surface area contributed by atoms with Gasteiger partial charge in [0.2, 0.25) is 0 Å². The van der Waals surface area contributed by atoms with E-state index < -0.39 is 0 Å². The fraction of sp³-hybridized carbons (Fsp3) is 1.00. The number of morpholine rings is 1. The Bertz CT molecular complexity index is 218. The molecule has 0 spiro atoms. The van der Waals surface area contributed by atoms with Crippen molar-refractivity contribution in [3.05, 3.63) is 0 Å². The summed E-state index contributed by atoms with van der Waals surface area (Å²) >= 11 is 0. The first kappa shape index (κ1) is 14.9. The first-order valence-corrected chi connectivity index (χ1v) is 7.04. The first-order chi connectivity index (χ1) is 7.93. The van der Waals surface area contributed by atoms with Gasteiger partial charge in [-0.05, 0) is 46.2 Å². The third-order valence-electron chi connectivity index (χ3n) is 3.13. The second-order valence-corrected chi connectivity index (χ2v) is 6.19. The van der Waals surface area contributed by atoms with Gasteiger partial charge >= 0.3 is 0 Å². The number of hydrogen-bond donors (Lipinski definition) is 1. The molecule has 0 saturated carbocycles. The Morgan fingerprint density at radius 3 is 2.76 bits per heavy atom. The molecule has 1 heterocycles. The summed E-state index contributed by atoms with van der Waals surface area (Å²) in [6, 6.07) is 0. The average Bonchev–Trinajstić information content (AvgIpc) is 2.14. The predicted molar refractivity (Wildman–Crippen MR) is 73.4 cm³/mol. The quantitative estimate of drug-likeness (QED) is 0.722. The second-order valence-electron chi connectivity index (χ2n) is 6.19. The molecule has 0 aromatic carbocycles. The highest BCUT2D eigenvalue weighted by Crippen LogP contribution is 2.21. The van der Waals surface area contributed by atoms with Crippen molar-refractivity contribution in [2.45, 2.75) is 52.7 Å². The first-order valence-electron chi connectivity index (χ1n) is 7.04. The van der Waals surface area contributed by atoms with Gasteiger partial charge in [-0.2, -0.15) is 0 Å². The summed E-state index contributed by atoms with van der Waals surface area (Å²) in [4.78, 5) is 2.55. The molecule has 1 aliphatic heterocycles. The molecule has 0 aromatic rings. The molecular weight excluding hydrogens is 212 g/mol. The second kappa shape index (κ2) is 6.72. The maximum absolute atomic E-state index is 5.93. The molecule has 1 N–H and O–H groups in total. The molecular formula is C14H30N2O. The van der Waals surface area contributed by atoms with Crippen LogP contribution in [-0.2, 0) is 4.74 Å². The monoisotopic (exact) mass is 242 g/mol. The molecule has 17 heavy (non-hydrogen) atoms. The summed E-state index contributed by atoms with van der Waals surface area (Å²) in [5.74, 6) is 0.711. The van der Waals surface area contributed by atoms with E-state index in [1.807, 2.05) is 0 Å². The molecule has 0 bridgehead atoms. The van der Waals surface area contributed by atoms with Gasteiger partial charge in [0, 0.05) is 19.6 Å². The van der Waals surface area contributed by atoms with Crippen LogP contribution in [0.5, 0.6) is 0 Å². The maximum atomic E-state index is 5.93. The van der Waals surface area contributed by atoms with Gasteiger partial charge in [-0.25, -0.2) is 0 Å². The Labute approximate surface area is 107 Å². The zero-order chi connectivity index (χ0) is 12.9. The van der Waals surface area contributed by atoms with Crippen molar-refractivity contribution < 1.29 is 4.74 Å². The molecule has 3 heteroatoms. The summed E-state index contributed by atoms with van der Waals surface area (Å²) < 4.78 is 5.93. The van der Waals surface area contributed by atoms with E-state index in [-0.39, 0.29) is 5.60 Å². The van der Waals surface area contributed by atoms with Gasteiger partial charge in [0.25, 0.3) is 0 Å². The number of nitrogens with zero attached hydrogens (tertiary/aromatic N) is 1. The van der Waals surface area contributed by atoms with Crippen LogP contribution >= 0.6 is 0 Å². The van der Waals surface area contributed by atoms with Gasteiger partial charge in [-0.15, -0.1) is 0 Å². The minimum Gasteiger partial charge on any atom is -0.370 e. The molecule has 3 nitrogen and oxygen atoms in total. The number of ether oxygens (including phenoxy) is 1. The lowest BCUT2D eigenvalue weighted by molar-refractivity contribution is -0.130. The Morgan fingerprint density at radius 2 is 2.18 bits per heavy atom. The number of hydrogen-bond acceptors (Lipinski definition) is 3. The Hall–Kier alpha value is -0.120. The van der Waals surface area contributed by atoms with Crippen molar-refractivity contribution in [2.24, 2.45) is 5.92 Å². The molecule has 1 rings (SSSR count). The zero-order valence-electron chi connectivity index (χ0n) is 12.3. The van der Waals surface area contributed by atoms with Crippen molar-refractivity contribution >= 4 is 0 Å². The maximum Gasteiger partial charge on any atom is 0.0757 e. The van der Waals surface area contributed by atoms with E-state index in [1.54, 1.807) is 0 Å². The largest absolute Gasteiger partial charge is 0.370 e. The van der Waals surface area contributed by atoms with Crippen molar-refractivity contribution in [3.63, 3.8) is 0 Å². The predicted octanol–water partition coefficient (Wildman–Crippen LogP) is 2.12. The normalized spacial score (nSPS) is 27.0. The van der Waals surface area contributed by atoms with Crippen molar-refractivity contribution in [2.75, 3.05) is 32.7 Å². The summed E-state index contributed by atoms with van der Waals surface area (Å²) in [6.07, 6.45) is 1.57. The van der Waals surface area contributed by atoms with E-state index in [1.165, 1.54) is 13.0 Å². The van der Waals surface area contributed by atoms with E-state index in [2.05, 4.69) is 44.8 Å². The molecule has 1 fully saturated rings. The van der Waals surface area contributed by atoms with E-state index in [9.17, 15) is 0 Å². The lowest BCUT2D eigenvalue weighted by atomic mass is 10.0.